The van der Waals surface area contributed by atoms with E-state index in [-0.39, 0.29) is 18.1 Å². The highest BCUT2D eigenvalue weighted by Gasteiger charge is 2.26. The molecule has 2 fully saturated rings. The molecule has 2 atom stereocenters. The van der Waals surface area contributed by atoms with Crippen molar-refractivity contribution in [1.29, 1.82) is 0 Å². The summed E-state index contributed by atoms with van der Waals surface area (Å²) < 4.78 is 5.18. The van der Waals surface area contributed by atoms with Crippen LogP contribution in [0.2, 0.25) is 0 Å². The summed E-state index contributed by atoms with van der Waals surface area (Å²) in [7, 11) is 0. The van der Waals surface area contributed by atoms with E-state index < -0.39 is 0 Å². The maximum absolute atomic E-state index is 11.7. The van der Waals surface area contributed by atoms with Crippen molar-refractivity contribution in [3.8, 4) is 0 Å². The Hall–Kier alpha value is -0.810. The van der Waals surface area contributed by atoms with Gasteiger partial charge in [0.1, 0.15) is 0 Å². The lowest BCUT2D eigenvalue weighted by Gasteiger charge is -2.27. The summed E-state index contributed by atoms with van der Waals surface area (Å²) in [6.07, 6.45) is 2.73. The first-order valence-electron chi connectivity index (χ1n) is 6.06. The van der Waals surface area contributed by atoms with E-state index in [1.807, 2.05) is 0 Å². The molecule has 1 heterocycles. The van der Waals surface area contributed by atoms with Gasteiger partial charge in [0.2, 0.25) is 0 Å². The average molecular weight is 228 g/mol. The molecule has 92 valence electrons. The van der Waals surface area contributed by atoms with Gasteiger partial charge in [0, 0.05) is 25.6 Å². The Morgan fingerprint density at radius 3 is 2.75 bits per heavy atom. The van der Waals surface area contributed by atoms with Crippen molar-refractivity contribution in [2.75, 3.05) is 32.8 Å². The number of aliphatic hydroxyl groups excluding tert-OH is 1. The summed E-state index contributed by atoms with van der Waals surface area (Å²) in [4.78, 5) is 13.5. The van der Waals surface area contributed by atoms with Gasteiger partial charge in [-0.25, -0.2) is 4.79 Å². The Morgan fingerprint density at radius 2 is 2.12 bits per heavy atom. The molecule has 0 spiro atoms. The quantitative estimate of drug-likeness (QED) is 0.709. The number of aliphatic hydroxyl groups is 1. The van der Waals surface area contributed by atoms with Crippen LogP contribution in [0.4, 0.5) is 4.79 Å². The highest BCUT2D eigenvalue weighted by molar-refractivity contribution is 5.74. The Labute approximate surface area is 95.8 Å². The number of hydrogen-bond donors (Lipinski definition) is 2. The zero-order chi connectivity index (χ0) is 11.4. The summed E-state index contributed by atoms with van der Waals surface area (Å²) in [6, 6.07) is -0.0256. The number of amides is 2. The molecule has 0 radical (unpaired) electrons. The topological polar surface area (TPSA) is 61.8 Å². The second-order valence-corrected chi connectivity index (χ2v) is 4.54. The summed E-state index contributed by atoms with van der Waals surface area (Å²) in [5, 5.41) is 12.5. The molecule has 1 aliphatic heterocycles. The number of carbonyl (C=O) groups is 1. The fourth-order valence-electron chi connectivity index (χ4n) is 2.35. The summed E-state index contributed by atoms with van der Waals surface area (Å²) in [5.41, 5.74) is 0. The molecule has 0 aromatic heterocycles. The van der Waals surface area contributed by atoms with E-state index in [1.54, 1.807) is 4.90 Å². The summed E-state index contributed by atoms with van der Waals surface area (Å²) >= 11 is 0. The summed E-state index contributed by atoms with van der Waals surface area (Å²) in [5.74, 6) is 0.241. The first-order valence-corrected chi connectivity index (χ1v) is 6.06. The molecule has 1 aliphatic carbocycles. The SMILES string of the molecule is O=C(NCC1CCCC1O)N1CCOCC1. The number of carbonyl (C=O) groups excluding carboxylic acids is 1. The number of rotatable bonds is 2. The van der Waals surface area contributed by atoms with E-state index in [0.29, 0.717) is 32.8 Å². The molecule has 16 heavy (non-hydrogen) atoms. The second-order valence-electron chi connectivity index (χ2n) is 4.54. The van der Waals surface area contributed by atoms with Crippen LogP contribution in [0.3, 0.4) is 0 Å². The molecule has 2 aliphatic rings. The van der Waals surface area contributed by atoms with E-state index in [0.717, 1.165) is 19.3 Å². The van der Waals surface area contributed by atoms with Gasteiger partial charge in [-0.05, 0) is 12.8 Å². The molecule has 0 bridgehead atoms. The Morgan fingerprint density at radius 1 is 1.38 bits per heavy atom. The minimum atomic E-state index is -0.231. The smallest absolute Gasteiger partial charge is 0.317 e. The highest BCUT2D eigenvalue weighted by atomic mass is 16.5. The van der Waals surface area contributed by atoms with Crippen LogP contribution >= 0.6 is 0 Å². The minimum absolute atomic E-state index is 0.0256. The standard InChI is InChI=1S/C11H20N2O3/c14-10-3-1-2-9(10)8-12-11(15)13-4-6-16-7-5-13/h9-10,14H,1-8H2,(H,12,15). The Balaban J connectivity index is 1.70. The van der Waals surface area contributed by atoms with Crippen LogP contribution in [0.25, 0.3) is 0 Å². The third-order valence-electron chi connectivity index (χ3n) is 3.43. The number of urea groups is 1. The van der Waals surface area contributed by atoms with Crippen molar-refractivity contribution >= 4 is 6.03 Å². The predicted molar refractivity (Wildman–Crippen MR) is 59.1 cm³/mol. The molecular formula is C11H20N2O3. The van der Waals surface area contributed by atoms with Gasteiger partial charge in [0.15, 0.2) is 0 Å². The Kier molecular flexibility index (Phi) is 4.01. The molecule has 1 saturated heterocycles. The first kappa shape index (κ1) is 11.7. The van der Waals surface area contributed by atoms with Gasteiger partial charge in [-0.15, -0.1) is 0 Å². The molecule has 2 unspecified atom stereocenters. The van der Waals surface area contributed by atoms with Gasteiger partial charge < -0.3 is 20.1 Å². The average Bonchev–Trinajstić information content (AvgIpc) is 2.73. The van der Waals surface area contributed by atoms with E-state index in [1.165, 1.54) is 0 Å². The van der Waals surface area contributed by atoms with Crippen molar-refractivity contribution in [1.82, 2.24) is 10.2 Å². The normalized spacial score (nSPS) is 30.4. The van der Waals surface area contributed by atoms with Crippen LogP contribution in [-0.2, 0) is 4.74 Å². The summed E-state index contributed by atoms with van der Waals surface area (Å²) in [6.45, 7) is 3.18. The number of hydrogen-bond acceptors (Lipinski definition) is 3. The van der Waals surface area contributed by atoms with Crippen LogP contribution in [-0.4, -0.2) is 55.0 Å². The monoisotopic (exact) mass is 228 g/mol. The molecule has 5 heteroatoms. The molecule has 0 aromatic carbocycles. The van der Waals surface area contributed by atoms with Crippen LogP contribution < -0.4 is 5.32 Å². The maximum atomic E-state index is 11.7. The van der Waals surface area contributed by atoms with Crippen LogP contribution in [0.5, 0.6) is 0 Å². The zero-order valence-electron chi connectivity index (χ0n) is 9.52. The van der Waals surface area contributed by atoms with Crippen molar-refractivity contribution in [3.05, 3.63) is 0 Å². The lowest BCUT2D eigenvalue weighted by molar-refractivity contribution is 0.0523. The molecule has 2 rings (SSSR count). The lowest BCUT2D eigenvalue weighted by Crippen LogP contribution is -2.47. The van der Waals surface area contributed by atoms with Gasteiger partial charge in [-0.2, -0.15) is 0 Å². The maximum Gasteiger partial charge on any atom is 0.317 e. The lowest BCUT2D eigenvalue weighted by atomic mass is 10.1. The van der Waals surface area contributed by atoms with Crippen molar-refractivity contribution in [2.24, 2.45) is 5.92 Å². The van der Waals surface area contributed by atoms with Crippen molar-refractivity contribution < 1.29 is 14.6 Å². The van der Waals surface area contributed by atoms with E-state index in [2.05, 4.69) is 5.32 Å². The van der Waals surface area contributed by atoms with Gasteiger partial charge in [-0.3, -0.25) is 0 Å². The Bertz CT molecular complexity index is 241. The number of morpholine rings is 1. The fraction of sp³-hybridized carbons (Fsp3) is 0.909. The van der Waals surface area contributed by atoms with Gasteiger partial charge in [0.25, 0.3) is 0 Å². The van der Waals surface area contributed by atoms with Crippen LogP contribution in [0.1, 0.15) is 19.3 Å². The predicted octanol–water partition coefficient (Wildman–Crippen LogP) is 0.189. The number of nitrogens with zero attached hydrogens (tertiary/aromatic N) is 1. The minimum Gasteiger partial charge on any atom is -0.393 e. The number of nitrogens with one attached hydrogen (secondary N) is 1. The molecule has 0 aromatic rings. The third-order valence-corrected chi connectivity index (χ3v) is 3.43. The van der Waals surface area contributed by atoms with Gasteiger partial charge >= 0.3 is 6.03 Å². The first-order chi connectivity index (χ1) is 7.77. The largest absolute Gasteiger partial charge is 0.393 e. The molecular weight excluding hydrogens is 208 g/mol. The molecule has 2 amide bonds. The second kappa shape index (κ2) is 5.50. The van der Waals surface area contributed by atoms with Crippen molar-refractivity contribution in [3.63, 3.8) is 0 Å². The van der Waals surface area contributed by atoms with E-state index in [4.69, 9.17) is 4.74 Å². The highest BCUT2D eigenvalue weighted by Crippen LogP contribution is 2.24. The van der Waals surface area contributed by atoms with Crippen LogP contribution in [0.15, 0.2) is 0 Å². The van der Waals surface area contributed by atoms with Crippen molar-refractivity contribution in [2.45, 2.75) is 25.4 Å². The van der Waals surface area contributed by atoms with Crippen LogP contribution in [0, 0.1) is 5.92 Å². The van der Waals surface area contributed by atoms with Gasteiger partial charge in [0.05, 0.1) is 19.3 Å². The number of ether oxygens (including phenoxy) is 1. The zero-order valence-corrected chi connectivity index (χ0v) is 9.52. The fourth-order valence-corrected chi connectivity index (χ4v) is 2.35. The molecule has 1 saturated carbocycles. The third kappa shape index (κ3) is 2.86. The van der Waals surface area contributed by atoms with Gasteiger partial charge in [-0.1, -0.05) is 6.42 Å². The van der Waals surface area contributed by atoms with E-state index >= 15 is 0 Å². The van der Waals surface area contributed by atoms with E-state index in [9.17, 15) is 9.90 Å². The molecule has 5 nitrogen and oxygen atoms in total. The molecule has 2 N–H and O–H groups in total.